The molecule has 0 N–H and O–H groups in total. The molecule has 4 rings (SSSR count). The van der Waals surface area contributed by atoms with Crippen LogP contribution in [0.3, 0.4) is 0 Å². The Hall–Kier alpha value is -2.02. The third-order valence-electron chi connectivity index (χ3n) is 4.52. The zero-order valence-electron chi connectivity index (χ0n) is 10.3. The minimum atomic E-state index is -0.503. The minimum Gasteiger partial charge on any atom is -0.339 e. The first kappa shape index (κ1) is 10.9. The zero-order chi connectivity index (χ0) is 13.0. The van der Waals surface area contributed by atoms with E-state index in [4.69, 9.17) is 0 Å². The first-order chi connectivity index (χ1) is 9.20. The number of nitro groups is 1. The molecule has 0 aliphatic carbocycles. The summed E-state index contributed by atoms with van der Waals surface area (Å²) in [5, 5.41) is 18.2. The maximum atomic E-state index is 11.1. The van der Waals surface area contributed by atoms with E-state index >= 15 is 0 Å². The number of hydrogen-bond acceptors (Lipinski definition) is 5. The molecule has 0 spiro atoms. The van der Waals surface area contributed by atoms with Gasteiger partial charge in [0.15, 0.2) is 10.7 Å². The highest BCUT2D eigenvalue weighted by atomic mass is 16.7. The highest BCUT2D eigenvalue weighted by Gasteiger charge is 2.46. The molecule has 0 atom stereocenters. The molecule has 19 heavy (non-hydrogen) atoms. The van der Waals surface area contributed by atoms with E-state index in [1.165, 1.54) is 0 Å². The van der Waals surface area contributed by atoms with Crippen molar-refractivity contribution in [3.05, 3.63) is 33.9 Å². The van der Waals surface area contributed by atoms with E-state index in [2.05, 4.69) is 15.2 Å². The highest BCUT2D eigenvalue weighted by molar-refractivity contribution is 5.79. The Balaban J connectivity index is 1.99. The molecular weight excluding hydrogens is 246 g/mol. The summed E-state index contributed by atoms with van der Waals surface area (Å²) < 4.78 is 0. The third kappa shape index (κ3) is 1.36. The summed E-state index contributed by atoms with van der Waals surface area (Å²) in [4.78, 5) is 14.3. The summed E-state index contributed by atoms with van der Waals surface area (Å²) in [5.41, 5.74) is 2.26. The summed E-state index contributed by atoms with van der Waals surface area (Å²) in [7, 11) is 0. The van der Waals surface area contributed by atoms with Crippen LogP contribution in [0.5, 0.6) is 0 Å². The van der Waals surface area contributed by atoms with E-state index in [0.29, 0.717) is 11.0 Å². The number of rotatable bonds is 2. The van der Waals surface area contributed by atoms with Gasteiger partial charge in [-0.3, -0.25) is 0 Å². The van der Waals surface area contributed by atoms with Crippen molar-refractivity contribution < 1.29 is 5.03 Å². The van der Waals surface area contributed by atoms with Crippen LogP contribution in [0, 0.1) is 10.1 Å². The fourth-order valence-electron chi connectivity index (χ4n) is 3.58. The second kappa shape index (κ2) is 3.51. The van der Waals surface area contributed by atoms with Gasteiger partial charge in [0.1, 0.15) is 5.52 Å². The summed E-state index contributed by atoms with van der Waals surface area (Å²) in [6.45, 7) is 3.15. The predicted molar refractivity (Wildman–Crippen MR) is 67.3 cm³/mol. The van der Waals surface area contributed by atoms with Crippen molar-refractivity contribution in [1.82, 2.24) is 20.0 Å². The van der Waals surface area contributed by atoms with E-state index in [1.54, 1.807) is 6.07 Å². The molecule has 2 aliphatic rings. The van der Waals surface area contributed by atoms with Gasteiger partial charge in [-0.15, -0.1) is 0 Å². The molecule has 1 aromatic heterocycles. The molecule has 98 valence electrons. The molecule has 2 aromatic rings. The molecule has 7 nitrogen and oxygen atoms in total. The molecule has 0 amide bonds. The number of hydrogen-bond donors (Lipinski definition) is 0. The van der Waals surface area contributed by atoms with Gasteiger partial charge in [0, 0.05) is 12.0 Å². The number of piperidine rings is 1. The molecule has 7 heteroatoms. The Morgan fingerprint density at radius 3 is 2.74 bits per heavy atom. The van der Waals surface area contributed by atoms with E-state index < -0.39 is 5.03 Å². The zero-order valence-corrected chi connectivity index (χ0v) is 10.3. The van der Waals surface area contributed by atoms with E-state index in [0.717, 1.165) is 42.8 Å². The second-order valence-electron chi connectivity index (χ2n) is 5.45. The fourth-order valence-corrected chi connectivity index (χ4v) is 3.58. The quantitative estimate of drug-likeness (QED) is 0.589. The number of aromatic nitrogens is 3. The topological polar surface area (TPSA) is 77.1 Å². The van der Waals surface area contributed by atoms with Crippen molar-refractivity contribution in [1.29, 1.82) is 0 Å². The third-order valence-corrected chi connectivity index (χ3v) is 4.52. The lowest BCUT2D eigenvalue weighted by atomic mass is 9.77. The van der Waals surface area contributed by atoms with Crippen LogP contribution < -0.4 is 0 Å². The molecule has 0 saturated carbocycles. The average Bonchev–Trinajstić information content (AvgIpc) is 3.12. The van der Waals surface area contributed by atoms with Crippen LogP contribution in [0.2, 0.25) is 0 Å². The Labute approximate surface area is 108 Å². The van der Waals surface area contributed by atoms with Gasteiger partial charge in [0.25, 0.3) is 0 Å². The first-order valence-corrected chi connectivity index (χ1v) is 6.42. The van der Waals surface area contributed by atoms with Gasteiger partial charge in [0.05, 0.1) is 9.82 Å². The molecule has 2 bridgehead atoms. The minimum absolute atomic E-state index is 0.0506. The van der Waals surface area contributed by atoms with Crippen molar-refractivity contribution >= 4 is 11.0 Å². The van der Waals surface area contributed by atoms with Crippen LogP contribution in [-0.2, 0) is 5.41 Å². The van der Waals surface area contributed by atoms with Crippen molar-refractivity contribution in [3.8, 4) is 0 Å². The second-order valence-corrected chi connectivity index (χ2v) is 5.45. The van der Waals surface area contributed by atoms with Gasteiger partial charge in [-0.05, 0) is 42.7 Å². The van der Waals surface area contributed by atoms with Crippen molar-refractivity contribution in [2.24, 2.45) is 0 Å². The molecular formula is C12H13N5O2. The van der Waals surface area contributed by atoms with Gasteiger partial charge >= 0.3 is 0 Å². The maximum Gasteiger partial charge on any atom is 0.183 e. The fraction of sp³-hybridized carbons (Fsp3) is 0.500. The maximum absolute atomic E-state index is 11.1. The van der Waals surface area contributed by atoms with Crippen molar-refractivity contribution in [3.63, 3.8) is 0 Å². The molecule has 1 aromatic carbocycles. The number of benzene rings is 1. The average molecular weight is 259 g/mol. The molecule has 2 aliphatic heterocycles. The molecule has 3 heterocycles. The molecule has 0 unspecified atom stereocenters. The highest BCUT2D eigenvalue weighted by Crippen LogP contribution is 2.45. The first-order valence-electron chi connectivity index (χ1n) is 6.42. The molecule has 2 saturated heterocycles. The smallest absolute Gasteiger partial charge is 0.183 e. The Morgan fingerprint density at radius 2 is 2.11 bits per heavy atom. The van der Waals surface area contributed by atoms with Gasteiger partial charge in [-0.2, -0.15) is 0 Å². The van der Waals surface area contributed by atoms with Crippen LogP contribution in [0.15, 0.2) is 18.2 Å². The van der Waals surface area contributed by atoms with Gasteiger partial charge in [0.2, 0.25) is 0 Å². The van der Waals surface area contributed by atoms with Crippen LogP contribution in [0.1, 0.15) is 18.4 Å². The molecule has 0 radical (unpaired) electrons. The summed E-state index contributed by atoms with van der Waals surface area (Å²) in [6.07, 6.45) is 2.13. The Kier molecular flexibility index (Phi) is 2.00. The van der Waals surface area contributed by atoms with Crippen LogP contribution >= 0.6 is 0 Å². The Morgan fingerprint density at radius 1 is 1.32 bits per heavy atom. The monoisotopic (exact) mass is 259 g/mol. The van der Waals surface area contributed by atoms with E-state index in [1.807, 2.05) is 12.1 Å². The van der Waals surface area contributed by atoms with Crippen molar-refractivity contribution in [2.75, 3.05) is 19.6 Å². The summed E-state index contributed by atoms with van der Waals surface area (Å²) >= 11 is 0. The van der Waals surface area contributed by atoms with E-state index in [-0.39, 0.29) is 5.41 Å². The summed E-state index contributed by atoms with van der Waals surface area (Å²) in [5.74, 6) is 0. The van der Waals surface area contributed by atoms with Gasteiger partial charge in [-0.25, -0.2) is 0 Å². The van der Waals surface area contributed by atoms with Crippen LogP contribution in [0.25, 0.3) is 11.0 Å². The number of fused-ring (bicyclic) bond motifs is 3. The summed E-state index contributed by atoms with van der Waals surface area (Å²) in [6, 6.07) is 5.71. The van der Waals surface area contributed by atoms with Gasteiger partial charge in [-0.1, -0.05) is 12.1 Å². The van der Waals surface area contributed by atoms with Gasteiger partial charge < -0.3 is 15.0 Å². The number of para-hydroxylation sites is 1. The lowest BCUT2D eigenvalue weighted by molar-refractivity contribution is -0.549. The standard InChI is InChI=1S/C12H13N5O2/c18-17(19)16-11-9(2-1-3-10(11)13-14-16)12-4-6-15(8-12)7-5-12/h1-3H,4-8H2. The lowest BCUT2D eigenvalue weighted by Crippen LogP contribution is -2.26. The normalized spacial score (nSPS) is 29.2. The molecule has 2 fully saturated rings. The Bertz CT molecular complexity index is 672. The van der Waals surface area contributed by atoms with Crippen molar-refractivity contribution in [2.45, 2.75) is 18.3 Å². The number of nitrogens with zero attached hydrogens (tertiary/aromatic N) is 5. The van der Waals surface area contributed by atoms with E-state index in [9.17, 15) is 10.1 Å². The van der Waals surface area contributed by atoms with Crippen LogP contribution in [-0.4, -0.2) is 44.7 Å². The van der Waals surface area contributed by atoms with Crippen LogP contribution in [0.4, 0.5) is 0 Å². The predicted octanol–water partition coefficient (Wildman–Crippen LogP) is 0.818. The SMILES string of the molecule is O=[N+]([O-])n1nnc2cccc(C34CCN(CC3)C4)c21. The lowest BCUT2D eigenvalue weighted by Gasteiger charge is -2.25. The largest absolute Gasteiger partial charge is 0.339 e.